The number of nitrogens with one attached hydrogen (secondary N) is 1. The molecule has 2 unspecified atom stereocenters. The third-order valence-corrected chi connectivity index (χ3v) is 3.38. The quantitative estimate of drug-likeness (QED) is 0.776. The van der Waals surface area contributed by atoms with Crippen LogP contribution in [0.5, 0.6) is 0 Å². The van der Waals surface area contributed by atoms with Gasteiger partial charge in [-0.1, -0.05) is 37.3 Å². The first-order valence-corrected chi connectivity index (χ1v) is 7.30. The second kappa shape index (κ2) is 7.90. The molecule has 0 heterocycles. The van der Waals surface area contributed by atoms with Crippen LogP contribution >= 0.6 is 8.03 Å². The molecule has 0 radical (unpaired) electrons. The largest absolute Gasteiger partial charge is 0.445 e. The molecule has 6 heteroatoms. The first-order valence-electron chi connectivity index (χ1n) is 5.74. The molecule has 0 saturated carbocycles. The van der Waals surface area contributed by atoms with Crippen molar-refractivity contribution in [3.63, 3.8) is 0 Å². The van der Waals surface area contributed by atoms with Gasteiger partial charge in [-0.2, -0.15) is 0 Å². The van der Waals surface area contributed by atoms with Crippen LogP contribution in [0.15, 0.2) is 30.3 Å². The van der Waals surface area contributed by atoms with Gasteiger partial charge >= 0.3 is 6.09 Å². The summed E-state index contributed by atoms with van der Waals surface area (Å²) in [5, 5.41) is 2.56. The van der Waals surface area contributed by atoms with Gasteiger partial charge in [-0.25, -0.2) is 4.79 Å². The monoisotopic (exact) mass is 271 g/mol. The van der Waals surface area contributed by atoms with Crippen molar-refractivity contribution in [2.75, 3.05) is 12.7 Å². The lowest BCUT2D eigenvalue weighted by atomic mass is 10.2. The van der Waals surface area contributed by atoms with E-state index in [-0.39, 0.29) is 18.7 Å². The first-order chi connectivity index (χ1) is 8.58. The van der Waals surface area contributed by atoms with Crippen molar-refractivity contribution in [1.82, 2.24) is 5.32 Å². The van der Waals surface area contributed by atoms with Gasteiger partial charge < -0.3 is 14.9 Å². The average molecular weight is 271 g/mol. The van der Waals surface area contributed by atoms with Crippen molar-refractivity contribution in [3.05, 3.63) is 35.9 Å². The molecule has 100 valence electrons. The van der Waals surface area contributed by atoms with Crippen molar-refractivity contribution in [2.45, 2.75) is 13.5 Å². The lowest BCUT2D eigenvalue weighted by molar-refractivity contribution is 0.138. The molecule has 0 saturated heterocycles. The maximum atomic E-state index is 11.3. The molecular formula is C12H18NO4P. The Morgan fingerprint density at radius 1 is 1.44 bits per heavy atom. The minimum Gasteiger partial charge on any atom is -0.445 e. The normalized spacial score (nSPS) is 13.7. The van der Waals surface area contributed by atoms with E-state index in [1.165, 1.54) is 0 Å². The topological polar surface area (TPSA) is 75.6 Å². The zero-order valence-corrected chi connectivity index (χ0v) is 11.3. The number of amides is 1. The fourth-order valence-corrected chi connectivity index (χ4v) is 2.14. The number of carbonyl (C=O) groups excluding carboxylic acids is 1. The number of rotatable bonds is 6. The summed E-state index contributed by atoms with van der Waals surface area (Å²) in [7, 11) is -2.48. The van der Waals surface area contributed by atoms with Crippen molar-refractivity contribution in [1.29, 1.82) is 0 Å². The minimum absolute atomic E-state index is 0.0364. The van der Waals surface area contributed by atoms with Gasteiger partial charge in [0.05, 0.1) is 0 Å². The van der Waals surface area contributed by atoms with Crippen LogP contribution in [0.1, 0.15) is 12.5 Å². The number of benzene rings is 1. The van der Waals surface area contributed by atoms with Crippen molar-refractivity contribution < 1.29 is 19.0 Å². The Labute approximate surface area is 107 Å². The molecule has 2 N–H and O–H groups in total. The number of ether oxygens (including phenoxy) is 1. The van der Waals surface area contributed by atoms with Crippen LogP contribution in [0.25, 0.3) is 0 Å². The number of alkyl carbamates (subject to hydrolysis) is 1. The third-order valence-electron chi connectivity index (χ3n) is 2.33. The zero-order valence-electron chi connectivity index (χ0n) is 10.3. The average Bonchev–Trinajstić information content (AvgIpc) is 2.34. The maximum absolute atomic E-state index is 11.3. The highest BCUT2D eigenvalue weighted by molar-refractivity contribution is 7.38. The van der Waals surface area contributed by atoms with E-state index < -0.39 is 14.1 Å². The molecular weight excluding hydrogens is 253 g/mol. The van der Waals surface area contributed by atoms with E-state index in [2.05, 4.69) is 5.32 Å². The van der Waals surface area contributed by atoms with E-state index in [4.69, 9.17) is 9.63 Å². The molecule has 0 bridgehead atoms. The lowest BCUT2D eigenvalue weighted by Gasteiger charge is -2.11. The molecule has 0 aromatic heterocycles. The van der Waals surface area contributed by atoms with Crippen LogP contribution in [0.2, 0.25) is 0 Å². The van der Waals surface area contributed by atoms with Crippen LogP contribution in [-0.4, -0.2) is 23.7 Å². The lowest BCUT2D eigenvalue weighted by Crippen LogP contribution is -2.29. The number of carbonyl (C=O) groups is 1. The van der Waals surface area contributed by atoms with Gasteiger partial charge in [0.25, 0.3) is 0 Å². The molecule has 0 spiro atoms. The smallest absolute Gasteiger partial charge is 0.407 e. The minimum atomic E-state index is -2.48. The second-order valence-electron chi connectivity index (χ2n) is 4.15. The van der Waals surface area contributed by atoms with E-state index in [0.717, 1.165) is 5.56 Å². The van der Waals surface area contributed by atoms with E-state index in [1.807, 2.05) is 30.3 Å². The number of hydrogen-bond donors (Lipinski definition) is 2. The summed E-state index contributed by atoms with van der Waals surface area (Å²) in [6, 6.07) is 9.37. The maximum Gasteiger partial charge on any atom is 0.407 e. The van der Waals surface area contributed by atoms with Gasteiger partial charge in [-0.3, -0.25) is 4.57 Å². The van der Waals surface area contributed by atoms with Gasteiger partial charge in [0.2, 0.25) is 0 Å². The molecule has 0 aliphatic carbocycles. The molecule has 1 rings (SSSR count). The van der Waals surface area contributed by atoms with Gasteiger partial charge in [-0.15, -0.1) is 0 Å². The highest BCUT2D eigenvalue weighted by atomic mass is 31.1. The van der Waals surface area contributed by atoms with Gasteiger partial charge in [0.1, 0.15) is 6.61 Å². The predicted octanol–water partition coefficient (Wildman–Crippen LogP) is 2.02. The Bertz CT molecular complexity index is 396. The zero-order chi connectivity index (χ0) is 13.4. The SMILES string of the molecule is CC(CNC(=O)OCc1ccccc1)C[PH](=O)O. The molecule has 5 nitrogen and oxygen atoms in total. The van der Waals surface area contributed by atoms with E-state index >= 15 is 0 Å². The fourth-order valence-electron chi connectivity index (χ4n) is 1.40. The van der Waals surface area contributed by atoms with Crippen LogP contribution in [0.4, 0.5) is 4.79 Å². The molecule has 1 aromatic carbocycles. The van der Waals surface area contributed by atoms with Crippen LogP contribution < -0.4 is 5.32 Å². The summed E-state index contributed by atoms with van der Waals surface area (Å²) in [6.07, 6.45) is -0.299. The standard InChI is InChI=1S/C12H18NO4P/c1-10(9-18(15)16)7-13-12(14)17-8-11-5-3-2-4-6-11/h2-6,10,18H,7-9H2,1H3,(H,13,14)(H,15,16). The molecule has 0 aliphatic rings. The van der Waals surface area contributed by atoms with E-state index in [0.29, 0.717) is 6.54 Å². The highest BCUT2D eigenvalue weighted by Crippen LogP contribution is 2.17. The summed E-state index contributed by atoms with van der Waals surface area (Å²) in [5.41, 5.74) is 0.918. The number of hydrogen-bond acceptors (Lipinski definition) is 3. The first kappa shape index (κ1) is 14.7. The summed E-state index contributed by atoms with van der Waals surface area (Å²) in [4.78, 5) is 20.1. The van der Waals surface area contributed by atoms with Gasteiger partial charge in [0.15, 0.2) is 8.03 Å². The molecule has 0 fully saturated rings. The second-order valence-corrected chi connectivity index (χ2v) is 5.34. The Balaban J connectivity index is 2.20. The Hall–Kier alpha value is -1.32. The van der Waals surface area contributed by atoms with Crippen molar-refractivity contribution in [3.8, 4) is 0 Å². The van der Waals surface area contributed by atoms with E-state index in [9.17, 15) is 9.36 Å². The van der Waals surface area contributed by atoms with Crippen LogP contribution in [0, 0.1) is 5.92 Å². The van der Waals surface area contributed by atoms with Gasteiger partial charge in [0, 0.05) is 12.7 Å². The van der Waals surface area contributed by atoms with E-state index in [1.54, 1.807) is 6.92 Å². The molecule has 0 aliphatic heterocycles. The summed E-state index contributed by atoms with van der Waals surface area (Å²) < 4.78 is 15.6. The summed E-state index contributed by atoms with van der Waals surface area (Å²) in [6.45, 7) is 2.36. The fraction of sp³-hybridized carbons (Fsp3) is 0.417. The molecule has 1 aromatic rings. The van der Waals surface area contributed by atoms with Crippen LogP contribution in [-0.2, 0) is 15.9 Å². The Morgan fingerprint density at radius 2 is 2.11 bits per heavy atom. The van der Waals surface area contributed by atoms with Crippen LogP contribution in [0.3, 0.4) is 0 Å². The Kier molecular flexibility index (Phi) is 6.47. The summed E-state index contributed by atoms with van der Waals surface area (Å²) >= 11 is 0. The van der Waals surface area contributed by atoms with Crippen molar-refractivity contribution in [2.24, 2.45) is 5.92 Å². The van der Waals surface area contributed by atoms with Crippen molar-refractivity contribution >= 4 is 14.1 Å². The Morgan fingerprint density at radius 3 is 2.72 bits per heavy atom. The highest BCUT2D eigenvalue weighted by Gasteiger charge is 2.08. The van der Waals surface area contributed by atoms with Gasteiger partial charge in [-0.05, 0) is 11.5 Å². The summed E-state index contributed by atoms with van der Waals surface area (Å²) in [5.74, 6) is -0.0364. The molecule has 2 atom stereocenters. The third kappa shape index (κ3) is 6.42. The molecule has 18 heavy (non-hydrogen) atoms. The predicted molar refractivity (Wildman–Crippen MR) is 69.9 cm³/mol. The molecule has 1 amide bonds.